The number of carboxylic acid groups (broad SMARTS) is 1. The van der Waals surface area contributed by atoms with Crippen LogP contribution in [0.4, 0.5) is 10.5 Å². The minimum absolute atomic E-state index is 0.179. The summed E-state index contributed by atoms with van der Waals surface area (Å²) in [6.07, 6.45) is -1.11. The number of methoxy groups -OCH3 is 1. The van der Waals surface area contributed by atoms with Gasteiger partial charge < -0.3 is 19.9 Å². The van der Waals surface area contributed by atoms with Gasteiger partial charge in [-0.1, -0.05) is 0 Å². The first kappa shape index (κ1) is 18.2. The maximum atomic E-state index is 11.6. The van der Waals surface area contributed by atoms with Gasteiger partial charge in [-0.2, -0.15) is 0 Å². The molecule has 9 heteroatoms. The molecule has 0 saturated heterocycles. The van der Waals surface area contributed by atoms with Crippen LogP contribution in [0.3, 0.4) is 0 Å². The van der Waals surface area contributed by atoms with Crippen molar-refractivity contribution in [1.82, 2.24) is 5.32 Å². The molecular weight excluding hydrogens is 308 g/mol. The number of aryl methyl sites for hydroxylation is 1. The molecule has 1 aromatic carbocycles. The van der Waals surface area contributed by atoms with Gasteiger partial charge >= 0.3 is 12.1 Å². The fourth-order valence-electron chi connectivity index (χ4n) is 1.92. The number of aliphatic carboxylic acids is 1. The van der Waals surface area contributed by atoms with Crippen LogP contribution in [-0.2, 0) is 16.1 Å². The summed E-state index contributed by atoms with van der Waals surface area (Å²) in [6, 6.07) is 2.15. The largest absolute Gasteiger partial charge is 0.496 e. The van der Waals surface area contributed by atoms with E-state index in [1.807, 2.05) is 0 Å². The minimum Gasteiger partial charge on any atom is -0.496 e. The van der Waals surface area contributed by atoms with Gasteiger partial charge in [0, 0.05) is 12.1 Å². The van der Waals surface area contributed by atoms with E-state index in [1.165, 1.54) is 26.2 Å². The molecule has 0 aromatic heterocycles. The normalized spacial score (nSPS) is 11.4. The van der Waals surface area contributed by atoms with E-state index in [2.05, 4.69) is 5.32 Å². The molecule has 0 aliphatic carbocycles. The van der Waals surface area contributed by atoms with Gasteiger partial charge in [0.1, 0.15) is 12.4 Å². The van der Waals surface area contributed by atoms with E-state index in [9.17, 15) is 19.7 Å². The first-order valence-electron chi connectivity index (χ1n) is 6.71. The second-order valence-electron chi connectivity index (χ2n) is 4.93. The number of ether oxygens (including phenoxy) is 2. The zero-order chi connectivity index (χ0) is 17.6. The molecule has 1 unspecified atom stereocenters. The Morgan fingerprint density at radius 1 is 1.43 bits per heavy atom. The van der Waals surface area contributed by atoms with Gasteiger partial charge in [0.25, 0.3) is 5.69 Å². The van der Waals surface area contributed by atoms with Crippen molar-refractivity contribution in [3.05, 3.63) is 33.4 Å². The Kier molecular flexibility index (Phi) is 6.31. The number of rotatable bonds is 7. The average molecular weight is 326 g/mol. The molecule has 1 aromatic rings. The predicted molar refractivity (Wildman–Crippen MR) is 79.4 cm³/mol. The first-order chi connectivity index (χ1) is 10.7. The smallest absolute Gasteiger partial charge is 0.407 e. The number of alkyl carbamates (subject to hydrolysis) is 1. The Balaban J connectivity index is 2.78. The maximum Gasteiger partial charge on any atom is 0.407 e. The van der Waals surface area contributed by atoms with Gasteiger partial charge in [-0.3, -0.25) is 14.9 Å². The molecule has 126 valence electrons. The van der Waals surface area contributed by atoms with Gasteiger partial charge in [0.2, 0.25) is 0 Å². The van der Waals surface area contributed by atoms with Crippen molar-refractivity contribution in [1.29, 1.82) is 0 Å². The van der Waals surface area contributed by atoms with E-state index < -0.39 is 23.0 Å². The maximum absolute atomic E-state index is 11.6. The third-order valence-corrected chi connectivity index (χ3v) is 3.00. The Labute approximate surface area is 132 Å². The highest BCUT2D eigenvalue weighted by Gasteiger charge is 2.19. The quantitative estimate of drug-likeness (QED) is 0.579. The fourth-order valence-corrected chi connectivity index (χ4v) is 1.92. The van der Waals surface area contributed by atoms with Crippen molar-refractivity contribution in [2.45, 2.75) is 32.9 Å². The third kappa shape index (κ3) is 5.46. The SMILES string of the molecule is COc1cc(COC(=O)NC(C)CC(=O)O)c([N+](=O)[O-])cc1C. The number of nitrogens with one attached hydrogen (secondary N) is 1. The van der Waals surface area contributed by atoms with Crippen molar-refractivity contribution in [3.63, 3.8) is 0 Å². The van der Waals surface area contributed by atoms with E-state index in [4.69, 9.17) is 14.6 Å². The highest BCUT2D eigenvalue weighted by atomic mass is 16.6. The van der Waals surface area contributed by atoms with Crippen molar-refractivity contribution in [3.8, 4) is 5.75 Å². The zero-order valence-electron chi connectivity index (χ0n) is 13.0. The lowest BCUT2D eigenvalue weighted by Gasteiger charge is -2.13. The molecule has 0 aliphatic rings. The van der Waals surface area contributed by atoms with Gasteiger partial charge in [0.15, 0.2) is 0 Å². The van der Waals surface area contributed by atoms with Crippen LogP contribution >= 0.6 is 0 Å². The van der Waals surface area contributed by atoms with Crippen LogP contribution in [0.15, 0.2) is 12.1 Å². The Morgan fingerprint density at radius 3 is 2.61 bits per heavy atom. The van der Waals surface area contributed by atoms with Crippen LogP contribution in [-0.4, -0.2) is 35.2 Å². The predicted octanol–water partition coefficient (Wildman–Crippen LogP) is 2.00. The second-order valence-corrected chi connectivity index (χ2v) is 4.93. The average Bonchev–Trinajstić information content (AvgIpc) is 2.44. The number of carbonyl (C=O) groups is 2. The summed E-state index contributed by atoms with van der Waals surface area (Å²) < 4.78 is 10.00. The number of benzene rings is 1. The van der Waals surface area contributed by atoms with Gasteiger partial charge in [0.05, 0.1) is 24.0 Å². The van der Waals surface area contributed by atoms with Gasteiger partial charge in [-0.15, -0.1) is 0 Å². The second kappa shape index (κ2) is 7.97. The monoisotopic (exact) mass is 326 g/mol. The van der Waals surface area contributed by atoms with Gasteiger partial charge in [-0.05, 0) is 25.5 Å². The van der Waals surface area contributed by atoms with Crippen LogP contribution in [0.1, 0.15) is 24.5 Å². The van der Waals surface area contributed by atoms with E-state index >= 15 is 0 Å². The fraction of sp³-hybridized carbons (Fsp3) is 0.429. The number of amides is 1. The van der Waals surface area contributed by atoms with E-state index in [0.717, 1.165) is 0 Å². The summed E-state index contributed by atoms with van der Waals surface area (Å²) in [6.45, 7) is 2.84. The Morgan fingerprint density at radius 2 is 2.09 bits per heavy atom. The number of hydrogen-bond acceptors (Lipinski definition) is 6. The molecule has 23 heavy (non-hydrogen) atoms. The number of nitrogens with zero attached hydrogens (tertiary/aromatic N) is 1. The lowest BCUT2D eigenvalue weighted by Crippen LogP contribution is -2.34. The molecule has 0 spiro atoms. The van der Waals surface area contributed by atoms with E-state index in [1.54, 1.807) is 6.92 Å². The molecular formula is C14H18N2O7. The number of carbonyl (C=O) groups excluding carboxylic acids is 1. The molecule has 0 saturated carbocycles. The lowest BCUT2D eigenvalue weighted by atomic mass is 10.1. The molecule has 1 rings (SSSR count). The molecule has 9 nitrogen and oxygen atoms in total. The lowest BCUT2D eigenvalue weighted by molar-refractivity contribution is -0.385. The molecule has 1 amide bonds. The standard InChI is InChI=1S/C14H18N2O7/c1-8-4-11(16(20)21)10(6-12(8)22-3)7-23-14(19)15-9(2)5-13(17)18/h4,6,9H,5,7H2,1-3H3,(H,15,19)(H,17,18). The molecule has 2 N–H and O–H groups in total. The van der Waals surface area contributed by atoms with Crippen LogP contribution in [0.25, 0.3) is 0 Å². The van der Waals surface area contributed by atoms with Crippen LogP contribution in [0.2, 0.25) is 0 Å². The molecule has 1 atom stereocenters. The molecule has 0 bridgehead atoms. The minimum atomic E-state index is -1.06. The number of nitro groups is 1. The first-order valence-corrected chi connectivity index (χ1v) is 6.71. The number of carboxylic acids is 1. The molecule has 0 heterocycles. The summed E-state index contributed by atoms with van der Waals surface area (Å²) in [7, 11) is 1.43. The zero-order valence-corrected chi connectivity index (χ0v) is 13.0. The summed E-state index contributed by atoms with van der Waals surface area (Å²) in [5.74, 6) is -0.620. The third-order valence-electron chi connectivity index (χ3n) is 3.00. The molecule has 0 aliphatic heterocycles. The summed E-state index contributed by atoms with van der Waals surface area (Å²) in [5, 5.41) is 22.0. The number of nitro benzene ring substituents is 1. The van der Waals surface area contributed by atoms with E-state index in [0.29, 0.717) is 11.3 Å². The number of hydrogen-bond donors (Lipinski definition) is 2. The van der Waals surface area contributed by atoms with Crippen molar-refractivity contribution in [2.75, 3.05) is 7.11 Å². The van der Waals surface area contributed by atoms with Crippen molar-refractivity contribution >= 4 is 17.7 Å². The summed E-state index contributed by atoms with van der Waals surface area (Å²) in [4.78, 5) is 32.6. The van der Waals surface area contributed by atoms with E-state index in [-0.39, 0.29) is 24.3 Å². The van der Waals surface area contributed by atoms with Crippen LogP contribution in [0.5, 0.6) is 5.75 Å². The summed E-state index contributed by atoms with van der Waals surface area (Å²) >= 11 is 0. The Hall–Kier alpha value is -2.84. The molecule has 0 radical (unpaired) electrons. The van der Waals surface area contributed by atoms with Gasteiger partial charge in [-0.25, -0.2) is 4.79 Å². The molecule has 0 fully saturated rings. The summed E-state index contributed by atoms with van der Waals surface area (Å²) in [5.41, 5.74) is 0.579. The topological polar surface area (TPSA) is 128 Å². The van der Waals surface area contributed by atoms with Crippen molar-refractivity contribution < 1.29 is 29.1 Å². The highest BCUT2D eigenvalue weighted by Crippen LogP contribution is 2.28. The van der Waals surface area contributed by atoms with Crippen LogP contribution < -0.4 is 10.1 Å². The van der Waals surface area contributed by atoms with Crippen LogP contribution in [0, 0.1) is 17.0 Å². The van der Waals surface area contributed by atoms with Crippen molar-refractivity contribution in [2.24, 2.45) is 0 Å². The highest BCUT2D eigenvalue weighted by molar-refractivity contribution is 5.71. The Bertz CT molecular complexity index is 615.